The number of hydrogen-bond acceptors (Lipinski definition) is 3. The molecule has 1 aromatic heterocycles. The number of rotatable bonds is 2. The Balaban J connectivity index is 1.74. The smallest absolute Gasteiger partial charge is 0.254 e. The molecule has 6 heteroatoms. The third kappa shape index (κ3) is 3.02. The van der Waals surface area contributed by atoms with Crippen LogP contribution in [0.15, 0.2) is 16.9 Å². The van der Waals surface area contributed by atoms with Gasteiger partial charge in [0.2, 0.25) is 11.5 Å². The maximum atomic E-state index is 12.7. The van der Waals surface area contributed by atoms with Crippen molar-refractivity contribution in [1.29, 1.82) is 0 Å². The lowest BCUT2D eigenvalue weighted by atomic mass is 9.88. The molecule has 23 heavy (non-hydrogen) atoms. The number of fused-ring (bicyclic) bond motifs is 1. The molecule has 2 amide bonds. The first-order chi connectivity index (χ1) is 10.8. The van der Waals surface area contributed by atoms with Crippen LogP contribution in [0, 0.1) is 18.8 Å². The average molecular weight is 317 g/mol. The average Bonchev–Trinajstić information content (AvgIpc) is 2.88. The summed E-state index contributed by atoms with van der Waals surface area (Å²) in [4.78, 5) is 42.3. The predicted octanol–water partition coefficient (Wildman–Crippen LogP) is 1.01. The standard InChI is InChI=1S/C17H23N3O3/c1-10-4-12(7-15(21)18-10)17(23)20(3)14-5-11-8-16(22)19(2)9-13(11)6-14/h4,7,11,13-14H,5-6,8-9H2,1-3H3,(H,18,21)/t11-,13+,14-/m1/s1. The maximum Gasteiger partial charge on any atom is 0.254 e. The fraction of sp³-hybridized carbons (Fsp3) is 0.588. The highest BCUT2D eigenvalue weighted by Crippen LogP contribution is 2.40. The minimum absolute atomic E-state index is 0.123. The van der Waals surface area contributed by atoms with Crippen molar-refractivity contribution in [2.24, 2.45) is 11.8 Å². The summed E-state index contributed by atoms with van der Waals surface area (Å²) < 4.78 is 0. The number of hydrogen-bond donors (Lipinski definition) is 1. The molecule has 1 saturated carbocycles. The molecule has 0 bridgehead atoms. The molecule has 2 fully saturated rings. The van der Waals surface area contributed by atoms with Crippen molar-refractivity contribution in [2.45, 2.75) is 32.2 Å². The molecule has 1 saturated heterocycles. The molecule has 0 spiro atoms. The van der Waals surface area contributed by atoms with E-state index in [0.29, 0.717) is 29.5 Å². The molecule has 124 valence electrons. The summed E-state index contributed by atoms with van der Waals surface area (Å²) in [7, 11) is 3.65. The minimum Gasteiger partial charge on any atom is -0.345 e. The maximum absolute atomic E-state index is 12.7. The Kier molecular flexibility index (Phi) is 4.00. The van der Waals surface area contributed by atoms with E-state index in [-0.39, 0.29) is 23.4 Å². The Hall–Kier alpha value is -2.11. The van der Waals surface area contributed by atoms with Gasteiger partial charge < -0.3 is 14.8 Å². The second kappa shape index (κ2) is 5.83. The molecule has 1 aliphatic carbocycles. The number of aromatic amines is 1. The third-order valence-electron chi connectivity index (χ3n) is 5.28. The number of piperidine rings is 1. The first-order valence-corrected chi connectivity index (χ1v) is 8.07. The molecule has 1 aliphatic heterocycles. The van der Waals surface area contributed by atoms with Crippen LogP contribution >= 0.6 is 0 Å². The highest BCUT2D eigenvalue weighted by molar-refractivity contribution is 5.94. The first-order valence-electron chi connectivity index (χ1n) is 8.07. The van der Waals surface area contributed by atoms with Gasteiger partial charge in [0.1, 0.15) is 0 Å². The second-order valence-corrected chi connectivity index (χ2v) is 6.96. The Morgan fingerprint density at radius 2 is 1.96 bits per heavy atom. The zero-order valence-electron chi connectivity index (χ0n) is 13.8. The lowest BCUT2D eigenvalue weighted by Gasteiger charge is -2.31. The Labute approximate surface area is 135 Å². The highest BCUT2D eigenvalue weighted by atomic mass is 16.2. The van der Waals surface area contributed by atoms with Crippen LogP contribution in [0.25, 0.3) is 0 Å². The van der Waals surface area contributed by atoms with Crippen LogP contribution in [-0.2, 0) is 4.79 Å². The van der Waals surface area contributed by atoms with E-state index in [1.165, 1.54) is 6.07 Å². The number of carbonyl (C=O) groups is 2. The van der Waals surface area contributed by atoms with E-state index in [0.717, 1.165) is 19.4 Å². The van der Waals surface area contributed by atoms with Crippen LogP contribution in [0.1, 0.15) is 35.3 Å². The Morgan fingerprint density at radius 3 is 2.65 bits per heavy atom. The SMILES string of the molecule is Cc1cc(C(=O)N(C)[C@@H]2C[C@@H]3CC(=O)N(C)C[C@@H]3C2)cc(=O)[nH]1. The number of amides is 2. The van der Waals surface area contributed by atoms with E-state index in [1.54, 1.807) is 29.8 Å². The van der Waals surface area contributed by atoms with Crippen LogP contribution in [0.5, 0.6) is 0 Å². The van der Waals surface area contributed by atoms with Crippen molar-refractivity contribution in [3.63, 3.8) is 0 Å². The van der Waals surface area contributed by atoms with Crippen molar-refractivity contribution in [2.75, 3.05) is 20.6 Å². The number of nitrogens with zero attached hydrogens (tertiary/aromatic N) is 2. The Bertz CT molecular complexity index is 697. The molecule has 2 heterocycles. The van der Waals surface area contributed by atoms with Crippen molar-refractivity contribution in [3.8, 4) is 0 Å². The van der Waals surface area contributed by atoms with E-state index in [2.05, 4.69) is 4.98 Å². The zero-order valence-corrected chi connectivity index (χ0v) is 13.8. The number of likely N-dealkylation sites (tertiary alicyclic amines) is 1. The van der Waals surface area contributed by atoms with Crippen molar-refractivity contribution >= 4 is 11.8 Å². The number of nitrogens with one attached hydrogen (secondary N) is 1. The van der Waals surface area contributed by atoms with Crippen LogP contribution < -0.4 is 5.56 Å². The summed E-state index contributed by atoms with van der Waals surface area (Å²) in [5.74, 6) is 0.923. The minimum atomic E-state index is -0.255. The van der Waals surface area contributed by atoms with Crippen molar-refractivity contribution in [3.05, 3.63) is 33.7 Å². The van der Waals surface area contributed by atoms with Gasteiger partial charge >= 0.3 is 0 Å². The molecule has 0 radical (unpaired) electrons. The number of carbonyl (C=O) groups excluding carboxylic acids is 2. The monoisotopic (exact) mass is 317 g/mol. The highest BCUT2D eigenvalue weighted by Gasteiger charge is 2.42. The quantitative estimate of drug-likeness (QED) is 0.885. The topological polar surface area (TPSA) is 73.5 Å². The number of aromatic nitrogens is 1. The third-order valence-corrected chi connectivity index (χ3v) is 5.28. The van der Waals surface area contributed by atoms with Crippen molar-refractivity contribution in [1.82, 2.24) is 14.8 Å². The van der Waals surface area contributed by atoms with Gasteiger partial charge in [-0.25, -0.2) is 0 Å². The van der Waals surface area contributed by atoms with Gasteiger partial charge in [-0.1, -0.05) is 0 Å². The largest absolute Gasteiger partial charge is 0.345 e. The molecule has 0 aromatic carbocycles. The lowest BCUT2D eigenvalue weighted by molar-refractivity contribution is -0.134. The molecule has 0 unspecified atom stereocenters. The Morgan fingerprint density at radius 1 is 1.26 bits per heavy atom. The van der Waals surface area contributed by atoms with Gasteiger partial charge in [0, 0.05) is 50.4 Å². The van der Waals surface area contributed by atoms with Gasteiger partial charge in [0.15, 0.2) is 0 Å². The number of pyridine rings is 1. The van der Waals surface area contributed by atoms with Gasteiger partial charge in [0.25, 0.3) is 5.91 Å². The molecule has 3 rings (SSSR count). The normalized spacial score (nSPS) is 27.0. The second-order valence-electron chi connectivity index (χ2n) is 6.96. The van der Waals surface area contributed by atoms with E-state index < -0.39 is 0 Å². The molecular formula is C17H23N3O3. The summed E-state index contributed by atoms with van der Waals surface area (Å²) in [6, 6.07) is 3.20. The van der Waals surface area contributed by atoms with Crippen LogP contribution in [0.2, 0.25) is 0 Å². The number of H-pyrrole nitrogens is 1. The van der Waals surface area contributed by atoms with Crippen LogP contribution in [-0.4, -0.2) is 53.3 Å². The fourth-order valence-electron chi connectivity index (χ4n) is 3.98. The molecule has 1 aromatic rings. The lowest BCUT2D eigenvalue weighted by Crippen LogP contribution is -2.40. The van der Waals surface area contributed by atoms with Crippen LogP contribution in [0.4, 0.5) is 0 Å². The summed E-state index contributed by atoms with van der Waals surface area (Å²) in [6.07, 6.45) is 2.38. The zero-order chi connectivity index (χ0) is 16.7. The molecule has 6 nitrogen and oxygen atoms in total. The summed E-state index contributed by atoms with van der Waals surface area (Å²) in [5, 5.41) is 0. The summed E-state index contributed by atoms with van der Waals surface area (Å²) in [6.45, 7) is 2.55. The van der Waals surface area contributed by atoms with Crippen molar-refractivity contribution < 1.29 is 9.59 Å². The first kappa shape index (κ1) is 15.8. The van der Waals surface area contributed by atoms with E-state index in [1.807, 2.05) is 7.05 Å². The fourth-order valence-corrected chi connectivity index (χ4v) is 3.98. The summed E-state index contributed by atoms with van der Waals surface area (Å²) in [5.41, 5.74) is 0.854. The van der Waals surface area contributed by atoms with Gasteiger partial charge in [-0.05, 0) is 37.7 Å². The molecule has 3 atom stereocenters. The summed E-state index contributed by atoms with van der Waals surface area (Å²) >= 11 is 0. The molecule has 2 aliphatic rings. The van der Waals surface area contributed by atoms with E-state index in [9.17, 15) is 14.4 Å². The van der Waals surface area contributed by atoms with E-state index >= 15 is 0 Å². The van der Waals surface area contributed by atoms with Crippen LogP contribution in [0.3, 0.4) is 0 Å². The number of aryl methyl sites for hydroxylation is 1. The van der Waals surface area contributed by atoms with Gasteiger partial charge in [-0.15, -0.1) is 0 Å². The molecular weight excluding hydrogens is 294 g/mol. The van der Waals surface area contributed by atoms with Gasteiger partial charge in [-0.2, -0.15) is 0 Å². The van der Waals surface area contributed by atoms with Gasteiger partial charge in [-0.3, -0.25) is 14.4 Å². The van der Waals surface area contributed by atoms with E-state index in [4.69, 9.17) is 0 Å². The molecule has 1 N–H and O–H groups in total. The predicted molar refractivity (Wildman–Crippen MR) is 86.1 cm³/mol. The van der Waals surface area contributed by atoms with Gasteiger partial charge in [0.05, 0.1) is 0 Å².